The smallest absolute Gasteiger partial charge is 0.267 e. The second kappa shape index (κ2) is 21.4. The number of aromatic nitrogens is 4. The van der Waals surface area contributed by atoms with Gasteiger partial charge in [0.15, 0.2) is 0 Å². The molecular weight excluding hydrogens is 1230 g/mol. The normalized spacial score (nSPS) is 13.0. The van der Waals surface area contributed by atoms with Crippen LogP contribution in [-0.4, -0.2) is 20.8 Å². The zero-order valence-electron chi connectivity index (χ0n) is 50.8. The maximum atomic E-state index is 6.94. The van der Waals surface area contributed by atoms with E-state index in [1.54, 1.807) is 0 Å². The third kappa shape index (κ3) is 9.96. The molecule has 2 aliphatic heterocycles. The van der Waals surface area contributed by atoms with Crippen molar-refractivity contribution in [3.05, 3.63) is 253 Å². The molecule has 0 bridgehead atoms. The van der Waals surface area contributed by atoms with Crippen LogP contribution in [0.2, 0.25) is 0 Å². The Hall–Kier alpha value is -8.71. The van der Waals surface area contributed by atoms with Crippen LogP contribution < -0.4 is 35.5 Å². The van der Waals surface area contributed by atoms with Gasteiger partial charge in [0.05, 0.1) is 5.69 Å². The Balaban J connectivity index is 0.00000686. The first-order valence-corrected chi connectivity index (χ1v) is 29.8. The van der Waals surface area contributed by atoms with Gasteiger partial charge >= 0.3 is 0 Å². The van der Waals surface area contributed by atoms with Gasteiger partial charge in [-0.15, -0.1) is 29.7 Å². The molecule has 9 aromatic carbocycles. The van der Waals surface area contributed by atoms with E-state index in [2.05, 4.69) is 314 Å². The van der Waals surface area contributed by atoms with Crippen LogP contribution in [0.1, 0.15) is 104 Å². The van der Waals surface area contributed by atoms with Crippen molar-refractivity contribution in [3.63, 3.8) is 0 Å². The molecule has 0 saturated heterocycles. The Bertz CT molecular complexity index is 4430. The molecule has 0 unspecified atom stereocenters. The van der Waals surface area contributed by atoms with E-state index in [0.29, 0.717) is 11.5 Å². The summed E-state index contributed by atoms with van der Waals surface area (Å²) in [4.78, 5) is 10.0. The molecule has 0 atom stereocenters. The SMILES string of the molecule is CC(C)c1cc(Oc2[c-]c3c(cc2)c2cc(-c4cc5c6c(c4)N(c4ccccc4)c4ccccc4B6c4ccccc4N5c4ccccc4)ccc2n3-c2cc(C(C)(C)C)ccn2)[c-]c(-n2[c-][n+](-c3cc(C(C)(C)C)cc(C(C)(C)C)c3)cc2)c1.[Pt]. The van der Waals surface area contributed by atoms with Crippen molar-refractivity contribution in [1.82, 2.24) is 14.1 Å². The van der Waals surface area contributed by atoms with Gasteiger partial charge in [0, 0.05) is 90.8 Å². The molecule has 0 radical (unpaired) electrons. The summed E-state index contributed by atoms with van der Waals surface area (Å²) < 4.78 is 13.3. The number of anilines is 6. The summed E-state index contributed by atoms with van der Waals surface area (Å²) >= 11 is 0. The summed E-state index contributed by atoms with van der Waals surface area (Å²) in [6, 6.07) is 78.6. The first kappa shape index (κ1) is 56.4. The quantitative estimate of drug-likeness (QED) is 0.0821. The van der Waals surface area contributed by atoms with Gasteiger partial charge in [0.1, 0.15) is 5.82 Å². The van der Waals surface area contributed by atoms with Crippen molar-refractivity contribution in [3.8, 4) is 39.8 Å². The average molecular weight is 1300 g/mol. The van der Waals surface area contributed by atoms with Crippen LogP contribution in [0, 0.1) is 18.5 Å². The Morgan fingerprint density at radius 1 is 0.523 bits per heavy atom. The fourth-order valence-corrected chi connectivity index (χ4v) is 12.6. The minimum Gasteiger partial charge on any atom is -0.510 e. The number of fused-ring (bicyclic) bond motifs is 7. The molecule has 2 aliphatic rings. The Morgan fingerprint density at radius 2 is 1.12 bits per heavy atom. The summed E-state index contributed by atoms with van der Waals surface area (Å²) in [7, 11) is 0. The van der Waals surface area contributed by atoms with Crippen LogP contribution in [-0.2, 0) is 37.3 Å². The molecule has 0 amide bonds. The van der Waals surface area contributed by atoms with E-state index >= 15 is 0 Å². The molecule has 0 N–H and O–H groups in total. The summed E-state index contributed by atoms with van der Waals surface area (Å²) in [5.41, 5.74) is 21.6. The number of benzene rings is 9. The predicted molar refractivity (Wildman–Crippen MR) is 352 cm³/mol. The molecule has 0 fully saturated rings. The third-order valence-corrected chi connectivity index (χ3v) is 17.2. The third-order valence-electron chi connectivity index (χ3n) is 17.2. The molecule has 3 aromatic heterocycles. The van der Waals surface area contributed by atoms with E-state index in [9.17, 15) is 0 Å². The average Bonchev–Trinajstić information content (AvgIpc) is 0.854. The van der Waals surface area contributed by atoms with Gasteiger partial charge in [-0.2, -0.15) is 17.7 Å². The van der Waals surface area contributed by atoms with E-state index in [1.807, 2.05) is 16.8 Å². The number of nitrogens with zero attached hydrogens (tertiary/aromatic N) is 6. The van der Waals surface area contributed by atoms with E-state index < -0.39 is 0 Å². The molecule has 0 aliphatic carbocycles. The topological polar surface area (TPSA) is 42.3 Å². The van der Waals surface area contributed by atoms with Crippen LogP contribution in [0.15, 0.2) is 213 Å². The maximum absolute atomic E-state index is 6.94. The van der Waals surface area contributed by atoms with Crippen LogP contribution >= 0.6 is 0 Å². The number of imidazole rings is 1. The van der Waals surface area contributed by atoms with Crippen LogP contribution in [0.3, 0.4) is 0 Å². The summed E-state index contributed by atoms with van der Waals surface area (Å²) in [5, 5.41) is 2.14. The van der Waals surface area contributed by atoms with E-state index in [1.165, 1.54) is 44.5 Å². The van der Waals surface area contributed by atoms with E-state index in [-0.39, 0.29) is 49.9 Å². The fraction of sp³-hybridized carbons (Fsp3) is 0.195. The molecule has 14 rings (SSSR count). The minimum absolute atomic E-state index is 0. The van der Waals surface area contributed by atoms with Crippen LogP contribution in [0.4, 0.5) is 34.1 Å². The van der Waals surface area contributed by atoms with Gasteiger partial charge in [0.2, 0.25) is 0 Å². The van der Waals surface area contributed by atoms with E-state index in [0.717, 1.165) is 78.4 Å². The van der Waals surface area contributed by atoms with Crippen LogP contribution in [0.25, 0.3) is 50.1 Å². The number of rotatable bonds is 9. The second-order valence-electron chi connectivity index (χ2n) is 26.5. The van der Waals surface area contributed by atoms with Crippen LogP contribution in [0.5, 0.6) is 11.5 Å². The summed E-state index contributed by atoms with van der Waals surface area (Å²) in [6.45, 7) is 24.8. The number of ether oxygens (including phenoxy) is 1. The van der Waals surface area contributed by atoms with Crippen molar-refractivity contribution in [2.24, 2.45) is 0 Å². The largest absolute Gasteiger partial charge is 0.510 e. The van der Waals surface area contributed by atoms with Crippen molar-refractivity contribution in [1.29, 1.82) is 0 Å². The van der Waals surface area contributed by atoms with Gasteiger partial charge in [-0.25, -0.2) is 4.98 Å². The summed E-state index contributed by atoms with van der Waals surface area (Å²) in [5.74, 6) is 2.23. The summed E-state index contributed by atoms with van der Waals surface area (Å²) in [6.07, 6.45) is 9.70. The number of pyridine rings is 1. The van der Waals surface area contributed by atoms with Gasteiger partial charge in [0.25, 0.3) is 13.0 Å². The first-order valence-electron chi connectivity index (χ1n) is 29.8. The van der Waals surface area contributed by atoms with Crippen molar-refractivity contribution in [2.45, 2.75) is 98.3 Å². The number of hydrogen-bond acceptors (Lipinski definition) is 4. The second-order valence-corrected chi connectivity index (χ2v) is 26.5. The molecule has 9 heteroatoms. The predicted octanol–water partition coefficient (Wildman–Crippen LogP) is 17.2. The molecular formula is C77H69BN6OPt-2. The molecule has 86 heavy (non-hydrogen) atoms. The van der Waals surface area contributed by atoms with Gasteiger partial charge in [-0.3, -0.25) is 4.57 Å². The van der Waals surface area contributed by atoms with E-state index in [4.69, 9.17) is 9.72 Å². The monoisotopic (exact) mass is 1300 g/mol. The first-order chi connectivity index (χ1) is 40.8. The maximum Gasteiger partial charge on any atom is 0.267 e. The standard InChI is InChI=1S/C77H69BN6O.Pt/c1-50(2)52-38-59(80-36-37-81(49-80)60-44-55(76(6,7)8)43-56(45-60)77(9,10)11)47-62(39-52)85-61-31-32-63-64-40-51(30-33-67(64)84(70(63)48-61)73-46-54(34-35-79-73)75(3,4)5)53-41-71-74-72(42-53)83(58-24-16-13-17-25-58)69-29-21-19-27-66(69)78(74)65-26-18-20-28-68(65)82(71)57-22-14-12-15-23-57;/h12-46,50H,1-11H3;/q-2;. The number of para-hydroxylation sites is 4. The van der Waals surface area contributed by atoms with Crippen molar-refractivity contribution < 1.29 is 30.4 Å². The minimum atomic E-state index is -0.104. The van der Waals surface area contributed by atoms with Gasteiger partial charge < -0.3 is 23.7 Å². The Labute approximate surface area is 521 Å². The molecule has 7 nitrogen and oxygen atoms in total. The fourth-order valence-electron chi connectivity index (χ4n) is 12.6. The number of hydrogen-bond donors (Lipinski definition) is 0. The zero-order chi connectivity index (χ0) is 58.7. The molecule has 5 heterocycles. The zero-order valence-corrected chi connectivity index (χ0v) is 53.0. The van der Waals surface area contributed by atoms with Gasteiger partial charge in [-0.05, 0) is 156 Å². The van der Waals surface area contributed by atoms with Crippen molar-refractivity contribution in [2.75, 3.05) is 9.80 Å². The van der Waals surface area contributed by atoms with Crippen molar-refractivity contribution >= 4 is 79.0 Å². The van der Waals surface area contributed by atoms with Gasteiger partial charge in [-0.1, -0.05) is 173 Å². The molecule has 12 aromatic rings. The Kier molecular flexibility index (Phi) is 14.0. The molecule has 0 spiro atoms. The molecule has 0 saturated carbocycles. The Morgan fingerprint density at radius 3 is 1.71 bits per heavy atom. The molecule has 428 valence electrons.